The van der Waals surface area contributed by atoms with Crippen LogP contribution in [0, 0.1) is 0 Å². The number of aromatic nitrogens is 2. The molecule has 0 aliphatic rings. The average Bonchev–Trinajstić information content (AvgIpc) is 2.82. The molecule has 0 aliphatic carbocycles. The molecule has 6 heteroatoms. The van der Waals surface area contributed by atoms with Gasteiger partial charge >= 0.3 is 0 Å². The fourth-order valence-corrected chi connectivity index (χ4v) is 1.90. The summed E-state index contributed by atoms with van der Waals surface area (Å²) in [6.07, 6.45) is 1.39. The van der Waals surface area contributed by atoms with Crippen LogP contribution in [-0.4, -0.2) is 27.8 Å². The molecule has 0 aliphatic heterocycles. The fraction of sp³-hybridized carbons (Fsp3) is 0.286. The van der Waals surface area contributed by atoms with Crippen LogP contribution >= 0.6 is 0 Å². The number of carbonyl (C=O) groups excluding carboxylic acids is 1. The van der Waals surface area contributed by atoms with Gasteiger partial charge in [0.15, 0.2) is 5.69 Å². The number of aromatic hydroxyl groups is 1. The van der Waals surface area contributed by atoms with Crippen LogP contribution in [0.25, 0.3) is 0 Å². The monoisotopic (exact) mass is 274 g/mol. The van der Waals surface area contributed by atoms with E-state index in [4.69, 9.17) is 5.73 Å². The molecule has 0 fully saturated rings. The van der Waals surface area contributed by atoms with Crippen molar-refractivity contribution >= 4 is 11.6 Å². The van der Waals surface area contributed by atoms with E-state index < -0.39 is 0 Å². The van der Waals surface area contributed by atoms with Gasteiger partial charge in [0.1, 0.15) is 5.75 Å². The van der Waals surface area contributed by atoms with Crippen molar-refractivity contribution in [2.24, 2.45) is 0 Å². The number of amides is 1. The number of anilines is 1. The Kier molecular flexibility index (Phi) is 4.24. The Morgan fingerprint density at radius 3 is 2.70 bits per heavy atom. The lowest BCUT2D eigenvalue weighted by Crippen LogP contribution is -2.26. The Balaban J connectivity index is 1.89. The third-order valence-corrected chi connectivity index (χ3v) is 3.09. The number of carbonyl (C=O) groups is 1. The number of nitrogens with one attached hydrogen (secondary N) is 2. The zero-order chi connectivity index (χ0) is 14.5. The number of nitrogens with zero attached hydrogens (tertiary/aromatic N) is 1. The Labute approximate surface area is 117 Å². The summed E-state index contributed by atoms with van der Waals surface area (Å²) >= 11 is 0. The number of nitrogens with two attached hydrogens (primary N) is 1. The fourth-order valence-electron chi connectivity index (χ4n) is 1.90. The van der Waals surface area contributed by atoms with Gasteiger partial charge in [-0.25, -0.2) is 0 Å². The predicted octanol–water partition coefficient (Wildman–Crippen LogP) is 1.23. The van der Waals surface area contributed by atoms with Crippen molar-refractivity contribution in [2.45, 2.75) is 19.8 Å². The van der Waals surface area contributed by atoms with E-state index in [0.717, 1.165) is 11.3 Å². The number of nitrogen functional groups attached to an aromatic ring is 1. The minimum Gasteiger partial charge on any atom is -0.508 e. The highest BCUT2D eigenvalue weighted by molar-refractivity contribution is 5.97. The van der Waals surface area contributed by atoms with Crippen LogP contribution < -0.4 is 11.1 Å². The van der Waals surface area contributed by atoms with Crippen molar-refractivity contribution < 1.29 is 9.90 Å². The van der Waals surface area contributed by atoms with Gasteiger partial charge in [-0.3, -0.25) is 9.89 Å². The lowest BCUT2D eigenvalue weighted by molar-refractivity contribution is 0.0950. The van der Waals surface area contributed by atoms with Gasteiger partial charge in [-0.15, -0.1) is 0 Å². The number of H-pyrrole nitrogens is 1. The lowest BCUT2D eigenvalue weighted by atomic mass is 10.1. The molecule has 1 aromatic carbocycles. The maximum atomic E-state index is 11.9. The summed E-state index contributed by atoms with van der Waals surface area (Å²) in [5.74, 6) is -0.0496. The van der Waals surface area contributed by atoms with Gasteiger partial charge in [0.25, 0.3) is 5.91 Å². The molecule has 0 spiro atoms. The first-order valence-electron chi connectivity index (χ1n) is 6.50. The van der Waals surface area contributed by atoms with Crippen LogP contribution in [0.2, 0.25) is 0 Å². The van der Waals surface area contributed by atoms with Gasteiger partial charge in [-0.2, -0.15) is 5.10 Å². The third kappa shape index (κ3) is 3.09. The lowest BCUT2D eigenvalue weighted by Gasteiger charge is -2.04. The largest absolute Gasteiger partial charge is 0.508 e. The molecule has 20 heavy (non-hydrogen) atoms. The Bertz CT molecular complexity index is 590. The third-order valence-electron chi connectivity index (χ3n) is 3.09. The highest BCUT2D eigenvalue weighted by atomic mass is 16.3. The summed E-state index contributed by atoms with van der Waals surface area (Å²) in [7, 11) is 0. The van der Waals surface area contributed by atoms with Gasteiger partial charge in [-0.1, -0.05) is 19.1 Å². The van der Waals surface area contributed by atoms with Crippen molar-refractivity contribution in [1.29, 1.82) is 0 Å². The van der Waals surface area contributed by atoms with E-state index in [9.17, 15) is 9.90 Å². The quantitative estimate of drug-likeness (QED) is 0.658. The first kappa shape index (κ1) is 13.9. The Hall–Kier alpha value is -2.50. The minimum absolute atomic E-state index is 0.231. The molecule has 106 valence electrons. The summed E-state index contributed by atoms with van der Waals surface area (Å²) in [5, 5.41) is 18.6. The number of phenolic OH excluding ortho intramolecular Hbond substituents is 1. The summed E-state index contributed by atoms with van der Waals surface area (Å²) in [6, 6.07) is 6.88. The van der Waals surface area contributed by atoms with Crippen molar-refractivity contribution in [3.8, 4) is 5.75 Å². The molecule has 2 aromatic rings. The van der Waals surface area contributed by atoms with Gasteiger partial charge in [-0.05, 0) is 30.5 Å². The average molecular weight is 274 g/mol. The number of phenols is 1. The van der Waals surface area contributed by atoms with Crippen molar-refractivity contribution in [1.82, 2.24) is 15.5 Å². The smallest absolute Gasteiger partial charge is 0.273 e. The molecule has 1 aromatic heterocycles. The van der Waals surface area contributed by atoms with E-state index in [-0.39, 0.29) is 17.4 Å². The summed E-state index contributed by atoms with van der Waals surface area (Å²) in [6.45, 7) is 2.42. The molecule has 6 nitrogen and oxygen atoms in total. The van der Waals surface area contributed by atoms with Gasteiger partial charge in [0.05, 0.1) is 11.4 Å². The molecule has 1 amide bonds. The maximum Gasteiger partial charge on any atom is 0.273 e. The number of hydrogen-bond donors (Lipinski definition) is 4. The molecule has 0 saturated carbocycles. The molecular weight excluding hydrogens is 256 g/mol. The number of hydrogen-bond acceptors (Lipinski definition) is 4. The molecule has 2 rings (SSSR count). The predicted molar refractivity (Wildman–Crippen MR) is 76.5 cm³/mol. The number of rotatable bonds is 5. The second kappa shape index (κ2) is 6.10. The van der Waals surface area contributed by atoms with Crippen molar-refractivity contribution in [3.63, 3.8) is 0 Å². The SMILES string of the molecule is CCc1[nH]nc(C(=O)NCCc2ccc(O)cc2)c1N. The Morgan fingerprint density at radius 1 is 1.40 bits per heavy atom. The normalized spacial score (nSPS) is 10.4. The second-order valence-corrected chi connectivity index (χ2v) is 4.49. The maximum absolute atomic E-state index is 11.9. The van der Waals surface area contributed by atoms with Crippen molar-refractivity contribution in [3.05, 3.63) is 41.2 Å². The van der Waals surface area contributed by atoms with Crippen LogP contribution in [0.4, 0.5) is 5.69 Å². The van der Waals surface area contributed by atoms with E-state index in [1.807, 2.05) is 19.1 Å². The first-order valence-corrected chi connectivity index (χ1v) is 6.50. The second-order valence-electron chi connectivity index (χ2n) is 4.49. The zero-order valence-corrected chi connectivity index (χ0v) is 11.3. The van der Waals surface area contributed by atoms with Crippen LogP contribution in [-0.2, 0) is 12.8 Å². The standard InChI is InChI=1S/C14H18N4O2/c1-2-11-12(15)13(18-17-11)14(20)16-8-7-9-3-5-10(19)6-4-9/h3-6,19H,2,7-8,15H2,1H3,(H,16,20)(H,17,18). The molecule has 0 atom stereocenters. The zero-order valence-electron chi connectivity index (χ0n) is 11.3. The first-order chi connectivity index (χ1) is 9.61. The van der Waals surface area contributed by atoms with E-state index in [0.29, 0.717) is 25.1 Å². The van der Waals surface area contributed by atoms with E-state index in [1.54, 1.807) is 12.1 Å². The van der Waals surface area contributed by atoms with Crippen LogP contribution in [0.3, 0.4) is 0 Å². The summed E-state index contributed by atoms with van der Waals surface area (Å²) < 4.78 is 0. The van der Waals surface area contributed by atoms with Crippen LogP contribution in [0.15, 0.2) is 24.3 Å². The topological polar surface area (TPSA) is 104 Å². The molecule has 1 heterocycles. The minimum atomic E-state index is -0.280. The van der Waals surface area contributed by atoms with Gasteiger partial charge < -0.3 is 16.2 Å². The van der Waals surface area contributed by atoms with Gasteiger partial charge in [0, 0.05) is 6.54 Å². The van der Waals surface area contributed by atoms with Gasteiger partial charge in [0.2, 0.25) is 0 Å². The number of aromatic amines is 1. The van der Waals surface area contributed by atoms with E-state index >= 15 is 0 Å². The Morgan fingerprint density at radius 2 is 2.10 bits per heavy atom. The molecule has 0 bridgehead atoms. The van der Waals surface area contributed by atoms with E-state index in [1.165, 1.54) is 0 Å². The number of aryl methyl sites for hydroxylation is 1. The van der Waals surface area contributed by atoms with Crippen LogP contribution in [0.1, 0.15) is 28.7 Å². The highest BCUT2D eigenvalue weighted by Crippen LogP contribution is 2.14. The molecular formula is C14H18N4O2. The summed E-state index contributed by atoms with van der Waals surface area (Å²) in [5.41, 5.74) is 8.29. The molecule has 0 saturated heterocycles. The molecule has 0 radical (unpaired) electrons. The molecule has 5 N–H and O–H groups in total. The van der Waals surface area contributed by atoms with Crippen molar-refractivity contribution in [2.75, 3.05) is 12.3 Å². The highest BCUT2D eigenvalue weighted by Gasteiger charge is 2.15. The summed E-state index contributed by atoms with van der Waals surface area (Å²) in [4.78, 5) is 11.9. The molecule has 0 unspecified atom stereocenters. The number of benzene rings is 1. The van der Waals surface area contributed by atoms with Crippen LogP contribution in [0.5, 0.6) is 5.75 Å². The van der Waals surface area contributed by atoms with E-state index in [2.05, 4.69) is 15.5 Å².